The van der Waals surface area contributed by atoms with E-state index in [2.05, 4.69) is 4.90 Å². The highest BCUT2D eigenvalue weighted by molar-refractivity contribution is 5.92. The molecule has 3 atom stereocenters. The second-order valence-electron chi connectivity index (χ2n) is 11.3. The smallest absolute Gasteiger partial charge is 0.308 e. The highest BCUT2D eigenvalue weighted by Crippen LogP contribution is 2.53. The van der Waals surface area contributed by atoms with E-state index in [9.17, 15) is 14.7 Å². The molecule has 3 aliphatic rings. The van der Waals surface area contributed by atoms with Crippen molar-refractivity contribution in [3.05, 3.63) is 59.6 Å². The Bertz CT molecular complexity index is 1180. The number of carbonyl (C=O) groups excluding carboxylic acids is 2. The van der Waals surface area contributed by atoms with E-state index in [4.69, 9.17) is 9.15 Å². The summed E-state index contributed by atoms with van der Waals surface area (Å²) in [7, 11) is 1.86. The Morgan fingerprint density at radius 3 is 2.76 bits per heavy atom. The quantitative estimate of drug-likeness (QED) is 0.342. The van der Waals surface area contributed by atoms with Crippen LogP contribution in [0, 0.1) is 12.8 Å². The molecule has 1 amide bonds. The largest absolute Gasteiger partial charge is 0.469 e. The van der Waals surface area contributed by atoms with E-state index >= 15 is 0 Å². The van der Waals surface area contributed by atoms with Gasteiger partial charge in [-0.05, 0) is 87.7 Å². The van der Waals surface area contributed by atoms with Gasteiger partial charge in [-0.3, -0.25) is 9.59 Å². The van der Waals surface area contributed by atoms with Crippen molar-refractivity contribution in [3.8, 4) is 5.75 Å². The molecule has 2 heterocycles. The molecule has 3 fully saturated rings. The van der Waals surface area contributed by atoms with Gasteiger partial charge >= 0.3 is 5.97 Å². The SMILES string of the molecule is CC(=O)Oc1cccc([C@@]23CCN(CC4CC4)C[C@@]2(O)CC[C@@H](N(C)C(=O)/C=C/c2ccoc2C)C3)c1. The second kappa shape index (κ2) is 10.1. The topological polar surface area (TPSA) is 83.2 Å². The molecule has 1 N–H and O–H groups in total. The average molecular weight is 507 g/mol. The maximum absolute atomic E-state index is 13.2. The number of aryl methyl sites for hydroxylation is 1. The van der Waals surface area contributed by atoms with Gasteiger partial charge in [0.15, 0.2) is 0 Å². The summed E-state index contributed by atoms with van der Waals surface area (Å²) in [5.74, 6) is 1.60. The summed E-state index contributed by atoms with van der Waals surface area (Å²) in [6.45, 7) is 5.85. The fraction of sp³-hybridized carbons (Fsp3) is 0.533. The Balaban J connectivity index is 1.42. The average Bonchev–Trinajstić information content (AvgIpc) is 3.59. The third kappa shape index (κ3) is 5.25. The summed E-state index contributed by atoms with van der Waals surface area (Å²) in [5, 5.41) is 12.3. The van der Waals surface area contributed by atoms with Crippen LogP contribution in [0.1, 0.15) is 62.3 Å². The molecule has 1 aliphatic heterocycles. The van der Waals surface area contributed by atoms with Crippen molar-refractivity contribution < 1.29 is 23.8 Å². The number of benzene rings is 1. The Morgan fingerprint density at radius 2 is 2.05 bits per heavy atom. The minimum atomic E-state index is -0.918. The van der Waals surface area contributed by atoms with Crippen LogP contribution in [-0.4, -0.2) is 65.1 Å². The normalized spacial score (nSPS) is 28.2. The summed E-state index contributed by atoms with van der Waals surface area (Å²) >= 11 is 0. The molecular weight excluding hydrogens is 468 g/mol. The maximum Gasteiger partial charge on any atom is 0.308 e. The van der Waals surface area contributed by atoms with E-state index in [-0.39, 0.29) is 17.9 Å². The molecule has 1 saturated heterocycles. The number of likely N-dealkylation sites (tertiary alicyclic amines) is 1. The Morgan fingerprint density at radius 1 is 1.24 bits per heavy atom. The van der Waals surface area contributed by atoms with Crippen LogP contribution < -0.4 is 4.74 Å². The monoisotopic (exact) mass is 506 g/mol. The molecule has 0 unspecified atom stereocenters. The van der Waals surface area contributed by atoms with Gasteiger partial charge in [0.25, 0.3) is 0 Å². The number of fused-ring (bicyclic) bond motifs is 1. The van der Waals surface area contributed by atoms with E-state index < -0.39 is 11.0 Å². The first-order valence-electron chi connectivity index (χ1n) is 13.4. The zero-order chi connectivity index (χ0) is 26.2. The summed E-state index contributed by atoms with van der Waals surface area (Å²) < 4.78 is 10.8. The van der Waals surface area contributed by atoms with Gasteiger partial charge in [-0.2, -0.15) is 0 Å². The van der Waals surface area contributed by atoms with Crippen LogP contribution in [0.3, 0.4) is 0 Å². The molecular formula is C30H38N2O5. The molecule has 1 aromatic carbocycles. The van der Waals surface area contributed by atoms with Crippen molar-refractivity contribution in [2.24, 2.45) is 5.92 Å². The number of furan rings is 1. The van der Waals surface area contributed by atoms with Gasteiger partial charge in [0.1, 0.15) is 11.5 Å². The number of piperidine rings is 1. The van der Waals surface area contributed by atoms with Crippen LogP contribution in [0.25, 0.3) is 6.08 Å². The lowest BCUT2D eigenvalue weighted by Gasteiger charge is -2.59. The molecule has 0 bridgehead atoms. The lowest BCUT2D eigenvalue weighted by Crippen LogP contribution is -2.67. The predicted molar refractivity (Wildman–Crippen MR) is 141 cm³/mol. The molecule has 1 aromatic heterocycles. The van der Waals surface area contributed by atoms with Crippen LogP contribution in [-0.2, 0) is 15.0 Å². The summed E-state index contributed by atoms with van der Waals surface area (Å²) in [6, 6.07) is 9.46. The van der Waals surface area contributed by atoms with E-state index in [1.807, 2.05) is 43.1 Å². The van der Waals surface area contributed by atoms with Crippen molar-refractivity contribution in [2.45, 2.75) is 69.4 Å². The van der Waals surface area contributed by atoms with Crippen LogP contribution >= 0.6 is 0 Å². The lowest BCUT2D eigenvalue weighted by molar-refractivity contribution is -0.145. The Hall–Kier alpha value is -2.90. The molecule has 5 rings (SSSR count). The number of rotatable bonds is 7. The van der Waals surface area contributed by atoms with Crippen LogP contribution in [0.5, 0.6) is 5.75 Å². The number of aliphatic hydroxyl groups is 1. The zero-order valence-electron chi connectivity index (χ0n) is 22.1. The summed E-state index contributed by atoms with van der Waals surface area (Å²) in [6.07, 6.45) is 10.4. The number of β-amino-alcohol motifs (C(OH)–C–C–N with tert-alkyl or cyclic N) is 1. The van der Waals surface area contributed by atoms with Crippen LogP contribution in [0.2, 0.25) is 0 Å². The molecule has 0 radical (unpaired) electrons. The molecule has 198 valence electrons. The van der Waals surface area contributed by atoms with Crippen LogP contribution in [0.15, 0.2) is 47.1 Å². The van der Waals surface area contributed by atoms with Gasteiger partial charge in [-0.25, -0.2) is 0 Å². The number of nitrogens with zero attached hydrogens (tertiary/aromatic N) is 2. The fourth-order valence-electron chi connectivity index (χ4n) is 6.43. The van der Waals surface area contributed by atoms with Crippen molar-refractivity contribution in [2.75, 3.05) is 26.7 Å². The van der Waals surface area contributed by atoms with E-state index in [0.29, 0.717) is 25.1 Å². The number of amides is 1. The first kappa shape index (κ1) is 25.7. The molecule has 7 heteroatoms. The predicted octanol–water partition coefficient (Wildman–Crippen LogP) is 4.32. The zero-order valence-corrected chi connectivity index (χ0v) is 22.1. The highest BCUT2D eigenvalue weighted by atomic mass is 16.5. The number of likely N-dealkylation sites (N-methyl/N-ethyl adjacent to an activating group) is 1. The van der Waals surface area contributed by atoms with Gasteiger partial charge in [0, 0.05) is 50.2 Å². The van der Waals surface area contributed by atoms with E-state index in [0.717, 1.165) is 48.7 Å². The summed E-state index contributed by atoms with van der Waals surface area (Å²) in [4.78, 5) is 29.1. The summed E-state index contributed by atoms with van der Waals surface area (Å²) in [5.41, 5.74) is 0.418. The molecule has 2 saturated carbocycles. The third-order valence-corrected chi connectivity index (χ3v) is 8.77. The van der Waals surface area contributed by atoms with Crippen LogP contribution in [0.4, 0.5) is 0 Å². The second-order valence-corrected chi connectivity index (χ2v) is 11.3. The third-order valence-electron chi connectivity index (χ3n) is 8.77. The van der Waals surface area contributed by atoms with Gasteiger partial charge in [-0.15, -0.1) is 0 Å². The fourth-order valence-corrected chi connectivity index (χ4v) is 6.43. The minimum absolute atomic E-state index is 0.0183. The van der Waals surface area contributed by atoms with E-state index in [1.165, 1.54) is 19.8 Å². The van der Waals surface area contributed by atoms with Gasteiger partial charge < -0.3 is 24.1 Å². The van der Waals surface area contributed by atoms with Gasteiger partial charge in [0.05, 0.1) is 11.9 Å². The number of esters is 1. The number of carbonyl (C=O) groups is 2. The van der Waals surface area contributed by atoms with Crippen molar-refractivity contribution in [3.63, 3.8) is 0 Å². The van der Waals surface area contributed by atoms with Gasteiger partial charge in [-0.1, -0.05) is 12.1 Å². The Kier molecular flexibility index (Phi) is 7.03. The molecule has 2 aromatic rings. The van der Waals surface area contributed by atoms with E-state index in [1.54, 1.807) is 24.5 Å². The standard InChI is InChI=1S/C30H38N2O5/c1-21-24(12-16-36-21)9-10-28(34)31(3)26-11-13-30(35)20-32(19-23-7-8-23)15-14-29(30,18-26)25-5-4-6-27(17-25)37-22(2)33/h4-6,9-10,12,16-17,23,26,35H,7-8,11,13-15,18-20H2,1-3H3/b10-9+/t26-,29+,30+/m1/s1. The van der Waals surface area contributed by atoms with Crippen molar-refractivity contribution in [1.29, 1.82) is 0 Å². The number of hydrogen-bond acceptors (Lipinski definition) is 6. The molecule has 0 spiro atoms. The molecule has 7 nitrogen and oxygen atoms in total. The minimum Gasteiger partial charge on any atom is -0.469 e. The molecule has 2 aliphatic carbocycles. The first-order valence-corrected chi connectivity index (χ1v) is 13.4. The highest BCUT2D eigenvalue weighted by Gasteiger charge is 2.58. The number of hydrogen-bond donors (Lipinski definition) is 1. The molecule has 37 heavy (non-hydrogen) atoms. The Labute approximate surface area is 219 Å². The maximum atomic E-state index is 13.2. The first-order chi connectivity index (χ1) is 17.7. The van der Waals surface area contributed by atoms with Crippen molar-refractivity contribution >= 4 is 18.0 Å². The number of ether oxygens (including phenoxy) is 1. The van der Waals surface area contributed by atoms with Gasteiger partial charge in [0.2, 0.25) is 5.91 Å². The van der Waals surface area contributed by atoms with Crippen molar-refractivity contribution in [1.82, 2.24) is 9.80 Å². The lowest BCUT2D eigenvalue weighted by atomic mass is 9.55.